The molecule has 0 fully saturated rings. The Morgan fingerprint density at radius 2 is 2.11 bits per heavy atom. The van der Waals surface area contributed by atoms with Crippen molar-refractivity contribution in [2.45, 2.75) is 24.3 Å². The van der Waals surface area contributed by atoms with E-state index in [1.54, 1.807) is 4.72 Å². The molecular formula is C8H11N3O6S. The zero-order valence-corrected chi connectivity index (χ0v) is 10.1. The number of hydrogen-bond donors (Lipinski definition) is 4. The first kappa shape index (κ1) is 14.1. The molecule has 1 heterocycles. The lowest BCUT2D eigenvalue weighted by Crippen LogP contribution is -2.42. The molecule has 0 aliphatic heterocycles. The summed E-state index contributed by atoms with van der Waals surface area (Å²) in [6.07, 6.45) is 0.156. The molecule has 100 valence electrons. The molecule has 1 aromatic heterocycles. The molecule has 0 amide bonds. The van der Waals surface area contributed by atoms with Gasteiger partial charge in [-0.2, -0.15) is 9.82 Å². The fourth-order valence-corrected chi connectivity index (χ4v) is 2.54. The van der Waals surface area contributed by atoms with E-state index in [-0.39, 0.29) is 10.6 Å². The van der Waals surface area contributed by atoms with E-state index < -0.39 is 34.4 Å². The summed E-state index contributed by atoms with van der Waals surface area (Å²) in [4.78, 5) is 21.0. The quantitative estimate of drug-likeness (QED) is 0.516. The van der Waals surface area contributed by atoms with Crippen molar-refractivity contribution in [3.8, 4) is 0 Å². The maximum atomic E-state index is 11.8. The SMILES string of the molecule is Cc1[nH]ncc1S(=O)(=O)NC(CC(=O)O)C(=O)O. The summed E-state index contributed by atoms with van der Waals surface area (Å²) in [6, 6.07) is -1.73. The van der Waals surface area contributed by atoms with Crippen molar-refractivity contribution < 1.29 is 28.2 Å². The minimum atomic E-state index is -4.13. The summed E-state index contributed by atoms with van der Waals surface area (Å²) >= 11 is 0. The van der Waals surface area contributed by atoms with E-state index in [1.165, 1.54) is 6.92 Å². The molecule has 0 aliphatic carbocycles. The normalized spacial score (nSPS) is 13.2. The number of nitrogens with one attached hydrogen (secondary N) is 2. The minimum Gasteiger partial charge on any atom is -0.481 e. The number of sulfonamides is 1. The molecule has 0 saturated heterocycles. The Labute approximate surface area is 102 Å². The monoisotopic (exact) mass is 277 g/mol. The second-order valence-corrected chi connectivity index (χ2v) is 5.15. The van der Waals surface area contributed by atoms with Gasteiger partial charge < -0.3 is 10.2 Å². The highest BCUT2D eigenvalue weighted by Crippen LogP contribution is 2.12. The van der Waals surface area contributed by atoms with Gasteiger partial charge in [0.1, 0.15) is 10.9 Å². The summed E-state index contributed by atoms with van der Waals surface area (Å²) in [5, 5.41) is 23.1. The van der Waals surface area contributed by atoms with E-state index in [1.807, 2.05) is 0 Å². The Morgan fingerprint density at radius 3 is 2.50 bits per heavy atom. The van der Waals surface area contributed by atoms with Gasteiger partial charge in [-0.25, -0.2) is 8.42 Å². The zero-order chi connectivity index (χ0) is 13.9. The number of carbonyl (C=O) groups is 2. The third-order valence-electron chi connectivity index (χ3n) is 2.05. The molecule has 4 N–H and O–H groups in total. The third-order valence-corrected chi connectivity index (χ3v) is 3.63. The summed E-state index contributed by atoms with van der Waals surface area (Å²) in [6.45, 7) is 1.44. The van der Waals surface area contributed by atoms with Gasteiger partial charge in [0.2, 0.25) is 10.0 Å². The maximum absolute atomic E-state index is 11.8. The zero-order valence-electron chi connectivity index (χ0n) is 9.24. The lowest BCUT2D eigenvalue weighted by molar-refractivity contribution is -0.145. The van der Waals surface area contributed by atoms with Crippen LogP contribution in [0.15, 0.2) is 11.1 Å². The van der Waals surface area contributed by atoms with Crippen molar-refractivity contribution in [3.63, 3.8) is 0 Å². The van der Waals surface area contributed by atoms with E-state index >= 15 is 0 Å². The molecule has 1 rings (SSSR count). The molecule has 0 saturated carbocycles. The van der Waals surface area contributed by atoms with Crippen molar-refractivity contribution in [2.24, 2.45) is 0 Å². The van der Waals surface area contributed by atoms with E-state index in [9.17, 15) is 18.0 Å². The summed E-state index contributed by atoms with van der Waals surface area (Å²) in [7, 11) is -4.13. The van der Waals surface area contributed by atoms with Crippen molar-refractivity contribution >= 4 is 22.0 Å². The van der Waals surface area contributed by atoms with Crippen LogP contribution in [0, 0.1) is 6.92 Å². The Morgan fingerprint density at radius 1 is 1.50 bits per heavy atom. The fraction of sp³-hybridized carbons (Fsp3) is 0.375. The van der Waals surface area contributed by atoms with Gasteiger partial charge in [0, 0.05) is 0 Å². The molecule has 0 bridgehead atoms. The number of hydrogen-bond acceptors (Lipinski definition) is 5. The van der Waals surface area contributed by atoms with Crippen LogP contribution in [0.4, 0.5) is 0 Å². The summed E-state index contributed by atoms with van der Waals surface area (Å²) in [5.74, 6) is -2.99. The molecule has 1 aromatic rings. The Kier molecular flexibility index (Phi) is 4.03. The maximum Gasteiger partial charge on any atom is 0.322 e. The highest BCUT2D eigenvalue weighted by atomic mass is 32.2. The van der Waals surface area contributed by atoms with Crippen LogP contribution in [0.2, 0.25) is 0 Å². The summed E-state index contributed by atoms with van der Waals surface area (Å²) < 4.78 is 25.4. The van der Waals surface area contributed by atoms with Crippen molar-refractivity contribution in [2.75, 3.05) is 0 Å². The van der Waals surface area contributed by atoms with Gasteiger partial charge in [-0.1, -0.05) is 0 Å². The third kappa shape index (κ3) is 3.28. The minimum absolute atomic E-state index is 0.223. The summed E-state index contributed by atoms with van der Waals surface area (Å²) in [5.41, 5.74) is 0.224. The smallest absolute Gasteiger partial charge is 0.322 e. The van der Waals surface area contributed by atoms with Crippen LogP contribution in [0.3, 0.4) is 0 Å². The molecule has 0 aliphatic rings. The number of carboxylic acids is 2. The molecule has 0 spiro atoms. The predicted molar refractivity (Wildman–Crippen MR) is 57.3 cm³/mol. The number of aromatic nitrogens is 2. The van der Waals surface area contributed by atoms with E-state index in [2.05, 4.69) is 10.2 Å². The standard InChI is InChI=1S/C8H11N3O6S/c1-4-6(3-9-10-4)18(16,17)11-5(8(14)15)2-7(12)13/h3,5,11H,2H2,1H3,(H,9,10)(H,12,13)(H,14,15). The first-order valence-corrected chi connectivity index (χ1v) is 6.19. The van der Waals surface area contributed by atoms with E-state index in [4.69, 9.17) is 10.2 Å². The second-order valence-electron chi connectivity index (χ2n) is 3.47. The average molecular weight is 277 g/mol. The number of carboxylic acid groups (broad SMARTS) is 2. The lowest BCUT2D eigenvalue weighted by atomic mass is 10.2. The highest BCUT2D eigenvalue weighted by molar-refractivity contribution is 7.89. The number of nitrogens with zero attached hydrogens (tertiary/aromatic N) is 1. The Hall–Kier alpha value is -1.94. The predicted octanol–water partition coefficient (Wildman–Crippen LogP) is -1.08. The fourth-order valence-electron chi connectivity index (χ4n) is 1.22. The van der Waals surface area contributed by atoms with E-state index in [0.29, 0.717) is 0 Å². The van der Waals surface area contributed by atoms with Crippen LogP contribution in [0.5, 0.6) is 0 Å². The molecule has 1 unspecified atom stereocenters. The largest absolute Gasteiger partial charge is 0.481 e. The van der Waals surface area contributed by atoms with Gasteiger partial charge in [-0.15, -0.1) is 0 Å². The molecule has 1 atom stereocenters. The number of H-pyrrole nitrogens is 1. The van der Waals surface area contributed by atoms with Gasteiger partial charge >= 0.3 is 11.9 Å². The number of aliphatic carboxylic acids is 2. The number of rotatable bonds is 6. The van der Waals surface area contributed by atoms with E-state index in [0.717, 1.165) is 6.20 Å². The van der Waals surface area contributed by atoms with Crippen molar-refractivity contribution in [1.82, 2.24) is 14.9 Å². The van der Waals surface area contributed by atoms with Gasteiger partial charge in [0.25, 0.3) is 0 Å². The van der Waals surface area contributed by atoms with Gasteiger partial charge in [-0.3, -0.25) is 14.7 Å². The first-order chi connectivity index (χ1) is 8.24. The topological polar surface area (TPSA) is 149 Å². The number of aromatic amines is 1. The second kappa shape index (κ2) is 5.14. The van der Waals surface area contributed by atoms with Crippen LogP contribution < -0.4 is 4.72 Å². The van der Waals surface area contributed by atoms with Crippen LogP contribution in [-0.4, -0.2) is 46.8 Å². The highest BCUT2D eigenvalue weighted by Gasteiger charge is 2.29. The van der Waals surface area contributed by atoms with Crippen LogP contribution in [-0.2, 0) is 19.6 Å². The number of aryl methyl sites for hydroxylation is 1. The Bertz CT molecular complexity index is 563. The molecule has 18 heavy (non-hydrogen) atoms. The van der Waals surface area contributed by atoms with Crippen LogP contribution in [0.25, 0.3) is 0 Å². The van der Waals surface area contributed by atoms with Crippen molar-refractivity contribution in [3.05, 3.63) is 11.9 Å². The van der Waals surface area contributed by atoms with Crippen LogP contribution in [0.1, 0.15) is 12.1 Å². The molecule has 9 nitrogen and oxygen atoms in total. The van der Waals surface area contributed by atoms with Crippen molar-refractivity contribution in [1.29, 1.82) is 0 Å². The molecule has 0 aromatic carbocycles. The Balaban J connectivity index is 2.97. The van der Waals surface area contributed by atoms with Gasteiger partial charge in [0.05, 0.1) is 18.3 Å². The van der Waals surface area contributed by atoms with Gasteiger partial charge in [0.15, 0.2) is 0 Å². The lowest BCUT2D eigenvalue weighted by Gasteiger charge is -2.12. The molecular weight excluding hydrogens is 266 g/mol. The van der Waals surface area contributed by atoms with Crippen LogP contribution >= 0.6 is 0 Å². The first-order valence-electron chi connectivity index (χ1n) is 4.71. The molecule has 0 radical (unpaired) electrons. The van der Waals surface area contributed by atoms with Gasteiger partial charge in [-0.05, 0) is 6.92 Å². The molecule has 10 heteroatoms. The average Bonchev–Trinajstić information content (AvgIpc) is 2.62.